The molecule has 2 heterocycles. The van der Waals surface area contributed by atoms with Gasteiger partial charge in [-0.15, -0.1) is 0 Å². The molecule has 0 spiro atoms. The molecule has 1 aromatic carbocycles. The Morgan fingerprint density at radius 1 is 1.23 bits per heavy atom. The second kappa shape index (κ2) is 6.85. The zero-order valence-corrected chi connectivity index (χ0v) is 13.0. The zero-order valence-electron chi connectivity index (χ0n) is 13.0. The van der Waals surface area contributed by atoms with Gasteiger partial charge in [0.1, 0.15) is 12.4 Å². The van der Waals surface area contributed by atoms with Crippen molar-refractivity contribution >= 4 is 0 Å². The summed E-state index contributed by atoms with van der Waals surface area (Å²) in [6.45, 7) is 5.99. The molecule has 1 aliphatic heterocycles. The van der Waals surface area contributed by atoms with Crippen molar-refractivity contribution in [2.45, 2.75) is 33.0 Å². The van der Waals surface area contributed by atoms with E-state index in [2.05, 4.69) is 21.8 Å². The summed E-state index contributed by atoms with van der Waals surface area (Å²) in [6, 6.07) is 9.73. The molecule has 2 aromatic rings. The lowest BCUT2D eigenvalue weighted by Crippen LogP contribution is -2.33. The van der Waals surface area contributed by atoms with E-state index in [-0.39, 0.29) is 0 Å². The topological polar surface area (TPSA) is 64.3 Å². The Morgan fingerprint density at radius 3 is 2.77 bits per heavy atom. The highest BCUT2D eigenvalue weighted by Gasteiger charge is 2.21. The molecule has 3 rings (SSSR count). The summed E-state index contributed by atoms with van der Waals surface area (Å²) in [5.41, 5.74) is 9.18. The smallest absolute Gasteiger partial charge is 0.166 e. The van der Waals surface area contributed by atoms with Gasteiger partial charge < -0.3 is 10.5 Å². The van der Waals surface area contributed by atoms with Crippen LogP contribution < -0.4 is 10.5 Å². The predicted molar refractivity (Wildman–Crippen MR) is 85.4 cm³/mol. The third-order valence-electron chi connectivity index (χ3n) is 4.02. The van der Waals surface area contributed by atoms with Gasteiger partial charge in [0, 0.05) is 31.6 Å². The summed E-state index contributed by atoms with van der Waals surface area (Å²) in [4.78, 5) is 11.7. The first-order valence-corrected chi connectivity index (χ1v) is 7.78. The van der Waals surface area contributed by atoms with Gasteiger partial charge in [-0.25, -0.2) is 9.97 Å². The van der Waals surface area contributed by atoms with Gasteiger partial charge in [-0.3, -0.25) is 4.90 Å². The molecule has 5 heteroatoms. The first kappa shape index (κ1) is 14.9. The Balaban J connectivity index is 1.79. The number of ether oxygens (including phenoxy) is 1. The number of likely N-dealkylation sites (N-methyl/N-ethyl adjacent to an activating group) is 1. The monoisotopic (exact) mass is 298 g/mol. The SMILES string of the molecule is CCN1CCc2nc(COc3ccccc3)nc(CN)c2C1. The first-order chi connectivity index (χ1) is 10.8. The Labute approximate surface area is 131 Å². The molecule has 1 aromatic heterocycles. The fourth-order valence-electron chi connectivity index (χ4n) is 2.76. The van der Waals surface area contributed by atoms with Gasteiger partial charge in [-0.05, 0) is 18.7 Å². The van der Waals surface area contributed by atoms with Crippen LogP contribution in [-0.2, 0) is 26.1 Å². The van der Waals surface area contributed by atoms with Crippen LogP contribution in [0.4, 0.5) is 0 Å². The maximum atomic E-state index is 5.89. The maximum absolute atomic E-state index is 5.89. The lowest BCUT2D eigenvalue weighted by molar-refractivity contribution is 0.260. The molecular formula is C17H22N4O. The molecule has 0 aliphatic carbocycles. The summed E-state index contributed by atoms with van der Waals surface area (Å²) in [6.07, 6.45) is 0.955. The standard InChI is InChI=1S/C17H22N4O/c1-2-21-9-8-15-14(11-21)16(10-18)20-17(19-15)12-22-13-6-4-3-5-7-13/h3-7H,2,8-12,18H2,1H3. The molecule has 0 saturated heterocycles. The van der Waals surface area contributed by atoms with Crippen molar-refractivity contribution in [1.29, 1.82) is 0 Å². The van der Waals surface area contributed by atoms with Crippen molar-refractivity contribution in [2.75, 3.05) is 13.1 Å². The summed E-state index contributed by atoms with van der Waals surface area (Å²) >= 11 is 0. The van der Waals surface area contributed by atoms with Crippen molar-refractivity contribution in [2.24, 2.45) is 5.73 Å². The van der Waals surface area contributed by atoms with Gasteiger partial charge in [-0.2, -0.15) is 0 Å². The van der Waals surface area contributed by atoms with E-state index in [0.29, 0.717) is 19.0 Å². The van der Waals surface area contributed by atoms with Gasteiger partial charge in [-0.1, -0.05) is 25.1 Å². The number of benzene rings is 1. The summed E-state index contributed by atoms with van der Waals surface area (Å²) in [5.74, 6) is 1.54. The number of hydrogen-bond acceptors (Lipinski definition) is 5. The highest BCUT2D eigenvalue weighted by molar-refractivity contribution is 5.28. The quantitative estimate of drug-likeness (QED) is 0.913. The van der Waals surface area contributed by atoms with Gasteiger partial charge in [0.25, 0.3) is 0 Å². The van der Waals surface area contributed by atoms with E-state index in [9.17, 15) is 0 Å². The minimum Gasteiger partial charge on any atom is -0.486 e. The van der Waals surface area contributed by atoms with Crippen LogP contribution in [0.25, 0.3) is 0 Å². The Hall–Kier alpha value is -1.98. The lowest BCUT2D eigenvalue weighted by Gasteiger charge is -2.28. The zero-order chi connectivity index (χ0) is 15.4. The summed E-state index contributed by atoms with van der Waals surface area (Å²) in [5, 5.41) is 0. The van der Waals surface area contributed by atoms with Crippen molar-refractivity contribution in [3.05, 3.63) is 53.1 Å². The highest BCUT2D eigenvalue weighted by atomic mass is 16.5. The van der Waals surface area contributed by atoms with Crippen LogP contribution in [-0.4, -0.2) is 28.0 Å². The number of para-hydroxylation sites is 1. The number of rotatable bonds is 5. The molecule has 116 valence electrons. The molecule has 0 radical (unpaired) electrons. The van der Waals surface area contributed by atoms with Gasteiger partial charge in [0.2, 0.25) is 0 Å². The lowest BCUT2D eigenvalue weighted by atomic mass is 10.0. The minimum atomic E-state index is 0.377. The van der Waals surface area contributed by atoms with Crippen LogP contribution >= 0.6 is 0 Å². The van der Waals surface area contributed by atoms with E-state index < -0.39 is 0 Å². The van der Waals surface area contributed by atoms with Gasteiger partial charge >= 0.3 is 0 Å². The van der Waals surface area contributed by atoms with Crippen molar-refractivity contribution in [3.63, 3.8) is 0 Å². The predicted octanol–water partition coefficient (Wildman–Crippen LogP) is 1.89. The molecule has 1 aliphatic rings. The number of nitrogens with zero attached hydrogens (tertiary/aromatic N) is 3. The Bertz CT molecular complexity index is 613. The molecule has 0 amide bonds. The van der Waals surface area contributed by atoms with Crippen LogP contribution in [0.2, 0.25) is 0 Å². The van der Waals surface area contributed by atoms with Crippen LogP contribution in [0.15, 0.2) is 30.3 Å². The second-order valence-electron chi connectivity index (χ2n) is 5.44. The van der Waals surface area contributed by atoms with E-state index in [1.165, 1.54) is 5.56 Å². The maximum Gasteiger partial charge on any atom is 0.166 e. The normalized spacial score (nSPS) is 14.6. The first-order valence-electron chi connectivity index (χ1n) is 7.78. The van der Waals surface area contributed by atoms with Crippen LogP contribution in [0.1, 0.15) is 29.7 Å². The fourth-order valence-corrected chi connectivity index (χ4v) is 2.76. The molecule has 2 N–H and O–H groups in total. The molecule has 5 nitrogen and oxygen atoms in total. The summed E-state index contributed by atoms with van der Waals surface area (Å²) in [7, 11) is 0. The molecule has 0 atom stereocenters. The van der Waals surface area contributed by atoms with E-state index in [1.807, 2.05) is 30.3 Å². The van der Waals surface area contributed by atoms with Gasteiger partial charge in [0.15, 0.2) is 5.82 Å². The third-order valence-corrected chi connectivity index (χ3v) is 4.02. The van der Waals surface area contributed by atoms with E-state index >= 15 is 0 Å². The molecule has 0 fully saturated rings. The molecular weight excluding hydrogens is 276 g/mol. The second-order valence-corrected chi connectivity index (χ2v) is 5.44. The summed E-state index contributed by atoms with van der Waals surface area (Å²) < 4.78 is 5.75. The van der Waals surface area contributed by atoms with Gasteiger partial charge in [0.05, 0.1) is 11.4 Å². The van der Waals surface area contributed by atoms with Crippen molar-refractivity contribution in [1.82, 2.24) is 14.9 Å². The molecule has 0 unspecified atom stereocenters. The molecule has 0 bridgehead atoms. The average molecular weight is 298 g/mol. The Morgan fingerprint density at radius 2 is 2.05 bits per heavy atom. The van der Waals surface area contributed by atoms with Crippen LogP contribution in [0, 0.1) is 0 Å². The highest BCUT2D eigenvalue weighted by Crippen LogP contribution is 2.20. The average Bonchev–Trinajstić information content (AvgIpc) is 2.59. The van der Waals surface area contributed by atoms with Crippen LogP contribution in [0.5, 0.6) is 5.75 Å². The number of hydrogen-bond donors (Lipinski definition) is 1. The van der Waals surface area contributed by atoms with Crippen molar-refractivity contribution in [3.8, 4) is 5.75 Å². The number of nitrogens with two attached hydrogens (primary N) is 1. The largest absolute Gasteiger partial charge is 0.486 e. The van der Waals surface area contributed by atoms with E-state index in [4.69, 9.17) is 10.5 Å². The van der Waals surface area contributed by atoms with E-state index in [1.54, 1.807) is 0 Å². The Kier molecular flexibility index (Phi) is 4.65. The van der Waals surface area contributed by atoms with Crippen LogP contribution in [0.3, 0.4) is 0 Å². The van der Waals surface area contributed by atoms with Crippen molar-refractivity contribution < 1.29 is 4.74 Å². The van der Waals surface area contributed by atoms with E-state index in [0.717, 1.165) is 43.2 Å². The minimum absolute atomic E-state index is 0.377. The fraction of sp³-hybridized carbons (Fsp3) is 0.412. The number of aromatic nitrogens is 2. The molecule has 22 heavy (non-hydrogen) atoms. The molecule has 0 saturated carbocycles. The number of fused-ring (bicyclic) bond motifs is 1. The third kappa shape index (κ3) is 3.26.